The summed E-state index contributed by atoms with van der Waals surface area (Å²) in [5.74, 6) is 0.0979. The van der Waals surface area contributed by atoms with Crippen LogP contribution in [0.15, 0.2) is 11.7 Å². The second-order valence-corrected chi connectivity index (χ2v) is 4.12. The number of hydrogen-bond donors (Lipinski definition) is 0. The van der Waals surface area contributed by atoms with E-state index in [0.29, 0.717) is 6.61 Å². The van der Waals surface area contributed by atoms with Gasteiger partial charge in [-0.2, -0.15) is 0 Å². The van der Waals surface area contributed by atoms with Gasteiger partial charge in [0.2, 0.25) is 5.91 Å². The average Bonchev–Trinajstić information content (AvgIpc) is 2.69. The molecular weight excluding hydrogens is 200 g/mol. The zero-order valence-electron chi connectivity index (χ0n) is 7.81. The van der Waals surface area contributed by atoms with Crippen molar-refractivity contribution in [3.63, 3.8) is 0 Å². The van der Waals surface area contributed by atoms with Crippen molar-refractivity contribution in [1.29, 1.82) is 0 Å². The first kappa shape index (κ1) is 9.61. The third-order valence-electron chi connectivity index (χ3n) is 2.20. The van der Waals surface area contributed by atoms with Gasteiger partial charge in [-0.15, -0.1) is 11.3 Å². The van der Waals surface area contributed by atoms with Crippen molar-refractivity contribution >= 4 is 17.2 Å². The zero-order chi connectivity index (χ0) is 9.80. The molecule has 0 atom stereocenters. The molecule has 1 aromatic heterocycles. The van der Waals surface area contributed by atoms with Crippen LogP contribution >= 0.6 is 11.3 Å². The molecule has 0 unspecified atom stereocenters. The number of nitrogens with zero attached hydrogens (tertiary/aromatic N) is 2. The lowest BCUT2D eigenvalue weighted by molar-refractivity contribution is -0.142. The van der Waals surface area contributed by atoms with Crippen LogP contribution in [-0.4, -0.2) is 42.1 Å². The molecular formula is C9H12N2O2S. The predicted octanol–water partition coefficient (Wildman–Crippen LogP) is 0.544. The van der Waals surface area contributed by atoms with E-state index in [-0.39, 0.29) is 12.5 Å². The quantitative estimate of drug-likeness (QED) is 0.734. The summed E-state index contributed by atoms with van der Waals surface area (Å²) in [5, 5.41) is 0. The Morgan fingerprint density at radius 3 is 3.29 bits per heavy atom. The number of hydrogen-bond acceptors (Lipinski definition) is 4. The van der Waals surface area contributed by atoms with Crippen LogP contribution in [0.5, 0.6) is 0 Å². The molecule has 1 aliphatic heterocycles. The topological polar surface area (TPSA) is 42.4 Å². The van der Waals surface area contributed by atoms with Crippen LogP contribution in [-0.2, 0) is 16.0 Å². The van der Waals surface area contributed by atoms with E-state index in [0.717, 1.165) is 19.5 Å². The first-order valence-electron chi connectivity index (χ1n) is 4.59. The van der Waals surface area contributed by atoms with Crippen LogP contribution in [0, 0.1) is 0 Å². The molecule has 1 fully saturated rings. The normalized spacial score (nSPS) is 17.4. The predicted molar refractivity (Wildman–Crippen MR) is 53.2 cm³/mol. The van der Waals surface area contributed by atoms with Gasteiger partial charge in [0, 0.05) is 30.6 Å². The van der Waals surface area contributed by atoms with Gasteiger partial charge in [-0.05, 0) is 0 Å². The van der Waals surface area contributed by atoms with E-state index in [4.69, 9.17) is 4.74 Å². The maximum atomic E-state index is 11.3. The highest BCUT2D eigenvalue weighted by Crippen LogP contribution is 2.08. The Hall–Kier alpha value is -0.940. The molecule has 0 saturated carbocycles. The van der Waals surface area contributed by atoms with Crippen molar-refractivity contribution in [2.75, 3.05) is 26.3 Å². The fourth-order valence-electron chi connectivity index (χ4n) is 1.40. The minimum Gasteiger partial charge on any atom is -0.370 e. The molecule has 1 amide bonds. The van der Waals surface area contributed by atoms with Crippen LogP contribution < -0.4 is 0 Å². The molecule has 0 N–H and O–H groups in total. The summed E-state index contributed by atoms with van der Waals surface area (Å²) in [6, 6.07) is 0. The number of amides is 1. The standard InChI is InChI=1S/C9H12N2O2S/c12-9-6-13-4-3-11(9)2-1-8-5-10-7-14-8/h5,7H,1-4,6H2. The van der Waals surface area contributed by atoms with Gasteiger partial charge in [0.05, 0.1) is 12.1 Å². The van der Waals surface area contributed by atoms with Crippen molar-refractivity contribution in [1.82, 2.24) is 9.88 Å². The first-order chi connectivity index (χ1) is 6.86. The summed E-state index contributed by atoms with van der Waals surface area (Å²) in [6.07, 6.45) is 2.76. The number of morpholine rings is 1. The molecule has 2 rings (SSSR count). The second-order valence-electron chi connectivity index (χ2n) is 3.15. The Labute approximate surface area is 86.5 Å². The lowest BCUT2D eigenvalue weighted by Gasteiger charge is -2.26. The summed E-state index contributed by atoms with van der Waals surface area (Å²) in [4.78, 5) is 18.4. The maximum Gasteiger partial charge on any atom is 0.248 e. The highest BCUT2D eigenvalue weighted by Gasteiger charge is 2.17. The third-order valence-corrected chi connectivity index (χ3v) is 3.03. The lowest BCUT2D eigenvalue weighted by Crippen LogP contribution is -2.42. The fourth-order valence-corrected chi connectivity index (χ4v) is 1.99. The molecule has 0 aromatic carbocycles. The van der Waals surface area contributed by atoms with Crippen molar-refractivity contribution < 1.29 is 9.53 Å². The second kappa shape index (κ2) is 4.52. The van der Waals surface area contributed by atoms with Crippen molar-refractivity contribution in [3.05, 3.63) is 16.6 Å². The van der Waals surface area contributed by atoms with Crippen molar-refractivity contribution in [2.24, 2.45) is 0 Å². The molecule has 0 aliphatic carbocycles. The molecule has 0 radical (unpaired) electrons. The van der Waals surface area contributed by atoms with E-state index in [1.54, 1.807) is 11.3 Å². The molecule has 5 heteroatoms. The Kier molecular flexibility index (Phi) is 3.10. The minimum atomic E-state index is 0.0979. The van der Waals surface area contributed by atoms with Crippen LogP contribution in [0.25, 0.3) is 0 Å². The zero-order valence-corrected chi connectivity index (χ0v) is 8.63. The highest BCUT2D eigenvalue weighted by molar-refractivity contribution is 7.09. The Balaban J connectivity index is 1.82. The number of rotatable bonds is 3. The van der Waals surface area contributed by atoms with Gasteiger partial charge in [0.1, 0.15) is 6.61 Å². The van der Waals surface area contributed by atoms with Gasteiger partial charge in [0.15, 0.2) is 0 Å². The van der Waals surface area contributed by atoms with Crippen LogP contribution in [0.4, 0.5) is 0 Å². The Morgan fingerprint density at radius 2 is 2.57 bits per heavy atom. The van der Waals surface area contributed by atoms with Crippen LogP contribution in [0.1, 0.15) is 4.88 Å². The summed E-state index contributed by atoms with van der Waals surface area (Å²) in [7, 11) is 0. The summed E-state index contributed by atoms with van der Waals surface area (Å²) < 4.78 is 5.05. The average molecular weight is 212 g/mol. The van der Waals surface area contributed by atoms with Crippen LogP contribution in [0.2, 0.25) is 0 Å². The van der Waals surface area contributed by atoms with Gasteiger partial charge < -0.3 is 9.64 Å². The van der Waals surface area contributed by atoms with E-state index in [9.17, 15) is 4.79 Å². The molecule has 1 aromatic rings. The van der Waals surface area contributed by atoms with Gasteiger partial charge >= 0.3 is 0 Å². The van der Waals surface area contributed by atoms with E-state index in [1.165, 1.54) is 4.88 Å². The summed E-state index contributed by atoms with van der Waals surface area (Å²) in [6.45, 7) is 2.40. The highest BCUT2D eigenvalue weighted by atomic mass is 32.1. The number of carbonyl (C=O) groups is 1. The first-order valence-corrected chi connectivity index (χ1v) is 5.47. The molecule has 1 aliphatic rings. The molecule has 1 saturated heterocycles. The molecule has 0 spiro atoms. The van der Waals surface area contributed by atoms with E-state index >= 15 is 0 Å². The SMILES string of the molecule is O=C1COCCN1CCc1cncs1. The van der Waals surface area contributed by atoms with Crippen molar-refractivity contribution in [3.8, 4) is 0 Å². The lowest BCUT2D eigenvalue weighted by atomic mass is 10.3. The van der Waals surface area contributed by atoms with Gasteiger partial charge in [-0.3, -0.25) is 9.78 Å². The maximum absolute atomic E-state index is 11.3. The van der Waals surface area contributed by atoms with Gasteiger partial charge in [0.25, 0.3) is 0 Å². The fraction of sp³-hybridized carbons (Fsp3) is 0.556. The van der Waals surface area contributed by atoms with Gasteiger partial charge in [-0.1, -0.05) is 0 Å². The summed E-state index contributed by atoms with van der Waals surface area (Å²) >= 11 is 1.63. The monoisotopic (exact) mass is 212 g/mol. The van der Waals surface area contributed by atoms with Gasteiger partial charge in [-0.25, -0.2) is 0 Å². The Morgan fingerprint density at radius 1 is 1.64 bits per heavy atom. The largest absolute Gasteiger partial charge is 0.370 e. The molecule has 2 heterocycles. The number of carbonyl (C=O) groups excluding carboxylic acids is 1. The van der Waals surface area contributed by atoms with Crippen molar-refractivity contribution in [2.45, 2.75) is 6.42 Å². The minimum absolute atomic E-state index is 0.0979. The smallest absolute Gasteiger partial charge is 0.248 e. The third kappa shape index (κ3) is 2.30. The molecule has 14 heavy (non-hydrogen) atoms. The van der Waals surface area contributed by atoms with E-state index in [1.807, 2.05) is 16.6 Å². The molecule has 76 valence electrons. The van der Waals surface area contributed by atoms with E-state index < -0.39 is 0 Å². The summed E-state index contributed by atoms with van der Waals surface area (Å²) in [5.41, 5.74) is 1.82. The number of thiazole rings is 1. The van der Waals surface area contributed by atoms with E-state index in [2.05, 4.69) is 4.98 Å². The molecule has 4 nitrogen and oxygen atoms in total. The molecule has 0 bridgehead atoms. The number of ether oxygens (including phenoxy) is 1. The Bertz CT molecular complexity index is 300. The number of aromatic nitrogens is 1. The van der Waals surface area contributed by atoms with Crippen LogP contribution in [0.3, 0.4) is 0 Å².